The molecule has 2 aromatic rings. The zero-order valence-electron chi connectivity index (χ0n) is 12.2. The molecule has 3 nitrogen and oxygen atoms in total. The quantitative estimate of drug-likeness (QED) is 0.893. The molecule has 1 aromatic heterocycles. The number of benzene rings is 1. The van der Waals surface area contributed by atoms with Crippen molar-refractivity contribution in [1.82, 2.24) is 9.78 Å². The molecule has 0 saturated carbocycles. The van der Waals surface area contributed by atoms with Crippen molar-refractivity contribution in [2.45, 2.75) is 45.3 Å². The summed E-state index contributed by atoms with van der Waals surface area (Å²) in [7, 11) is 0. The van der Waals surface area contributed by atoms with Gasteiger partial charge in [0.05, 0.1) is 16.4 Å². The highest BCUT2D eigenvalue weighted by Gasteiger charge is 2.34. The Morgan fingerprint density at radius 3 is 2.50 bits per heavy atom. The maximum atomic E-state index is 11.2. The summed E-state index contributed by atoms with van der Waals surface area (Å²) in [6.07, 6.45) is 2.99. The molecule has 0 aliphatic carbocycles. The molecule has 1 N–H and O–H groups in total. The second-order valence-corrected chi connectivity index (χ2v) is 6.28. The molecule has 1 heterocycles. The third-order valence-electron chi connectivity index (χ3n) is 3.61. The summed E-state index contributed by atoms with van der Waals surface area (Å²) in [5, 5.41) is 15.5. The summed E-state index contributed by atoms with van der Waals surface area (Å²) in [4.78, 5) is 0. The van der Waals surface area contributed by atoms with E-state index in [0.717, 1.165) is 15.7 Å². The van der Waals surface area contributed by atoms with Crippen molar-refractivity contribution < 1.29 is 5.11 Å². The maximum absolute atomic E-state index is 11.2. The van der Waals surface area contributed by atoms with E-state index in [2.05, 4.69) is 34.9 Å². The van der Waals surface area contributed by atoms with Crippen molar-refractivity contribution in [2.24, 2.45) is 0 Å². The normalized spacial score (nSPS) is 14.5. The van der Waals surface area contributed by atoms with Gasteiger partial charge in [0.1, 0.15) is 5.60 Å². The standard InChI is InChI=1S/C16H21BrN2O/c1-4-16(20,10-13-8-6-5-7-9-13)15-14(17)11-18-19(15)12(2)3/h5-9,11-12,20H,4,10H2,1-3H3. The summed E-state index contributed by atoms with van der Waals surface area (Å²) in [6, 6.07) is 10.3. The van der Waals surface area contributed by atoms with E-state index < -0.39 is 5.60 Å². The first kappa shape index (κ1) is 15.3. The fraction of sp³-hybridized carbons (Fsp3) is 0.438. The Balaban J connectivity index is 2.43. The number of halogens is 1. The highest BCUT2D eigenvalue weighted by molar-refractivity contribution is 9.10. The fourth-order valence-corrected chi connectivity index (χ4v) is 3.12. The van der Waals surface area contributed by atoms with Crippen LogP contribution in [0.2, 0.25) is 0 Å². The highest BCUT2D eigenvalue weighted by atomic mass is 79.9. The molecule has 0 radical (unpaired) electrons. The molecule has 0 bridgehead atoms. The van der Waals surface area contributed by atoms with Gasteiger partial charge in [0, 0.05) is 12.5 Å². The average Bonchev–Trinajstić information content (AvgIpc) is 2.82. The van der Waals surface area contributed by atoms with Crippen molar-refractivity contribution in [2.75, 3.05) is 0 Å². The van der Waals surface area contributed by atoms with Gasteiger partial charge in [-0.25, -0.2) is 0 Å². The molecule has 2 rings (SSSR count). The smallest absolute Gasteiger partial charge is 0.111 e. The van der Waals surface area contributed by atoms with Crippen molar-refractivity contribution in [1.29, 1.82) is 0 Å². The minimum absolute atomic E-state index is 0.213. The molecule has 0 fully saturated rings. The monoisotopic (exact) mass is 336 g/mol. The Labute approximate surface area is 128 Å². The molecule has 0 aliphatic heterocycles. The van der Waals surface area contributed by atoms with E-state index in [4.69, 9.17) is 0 Å². The molecule has 1 unspecified atom stereocenters. The number of hydrogen-bond donors (Lipinski definition) is 1. The molecular weight excluding hydrogens is 316 g/mol. The van der Waals surface area contributed by atoms with Gasteiger partial charge < -0.3 is 5.11 Å². The van der Waals surface area contributed by atoms with Crippen molar-refractivity contribution in [3.05, 3.63) is 52.3 Å². The van der Waals surface area contributed by atoms with Crippen LogP contribution in [0.15, 0.2) is 41.0 Å². The van der Waals surface area contributed by atoms with Crippen LogP contribution in [0.3, 0.4) is 0 Å². The topological polar surface area (TPSA) is 38.1 Å². The second kappa shape index (κ2) is 6.10. The summed E-state index contributed by atoms with van der Waals surface area (Å²) >= 11 is 3.53. The molecule has 1 aromatic carbocycles. The van der Waals surface area contributed by atoms with Gasteiger partial charge in [-0.2, -0.15) is 5.10 Å². The lowest BCUT2D eigenvalue weighted by Crippen LogP contribution is -2.32. The van der Waals surface area contributed by atoms with Crippen molar-refractivity contribution in [3.8, 4) is 0 Å². The van der Waals surface area contributed by atoms with Crippen LogP contribution in [0, 0.1) is 0 Å². The molecule has 0 amide bonds. The molecule has 20 heavy (non-hydrogen) atoms. The predicted octanol–water partition coefficient (Wildman–Crippen LogP) is 4.07. The van der Waals surface area contributed by atoms with Gasteiger partial charge in [-0.3, -0.25) is 4.68 Å². The summed E-state index contributed by atoms with van der Waals surface area (Å²) < 4.78 is 2.77. The van der Waals surface area contributed by atoms with Gasteiger partial charge in [-0.05, 0) is 41.8 Å². The van der Waals surface area contributed by atoms with Gasteiger partial charge in [0.25, 0.3) is 0 Å². The predicted molar refractivity (Wildman–Crippen MR) is 84.6 cm³/mol. The van der Waals surface area contributed by atoms with Gasteiger partial charge in [0.15, 0.2) is 0 Å². The van der Waals surface area contributed by atoms with E-state index in [9.17, 15) is 5.11 Å². The van der Waals surface area contributed by atoms with E-state index in [1.54, 1.807) is 6.20 Å². The molecular formula is C16H21BrN2O. The number of aromatic nitrogens is 2. The number of nitrogens with zero attached hydrogens (tertiary/aromatic N) is 2. The minimum Gasteiger partial charge on any atom is -0.383 e. The SMILES string of the molecule is CCC(O)(Cc1ccccc1)c1c(Br)cnn1C(C)C. The van der Waals surface area contributed by atoms with Crippen LogP contribution < -0.4 is 0 Å². The lowest BCUT2D eigenvalue weighted by Gasteiger charge is -2.29. The van der Waals surface area contributed by atoms with Crippen molar-refractivity contribution >= 4 is 15.9 Å². The van der Waals surface area contributed by atoms with E-state index in [1.165, 1.54) is 0 Å². The lowest BCUT2D eigenvalue weighted by atomic mass is 9.88. The first-order valence-corrected chi connectivity index (χ1v) is 7.77. The molecule has 0 spiro atoms. The van der Waals surface area contributed by atoms with Crippen LogP contribution >= 0.6 is 15.9 Å². The van der Waals surface area contributed by atoms with Crippen LogP contribution in [0.4, 0.5) is 0 Å². The van der Waals surface area contributed by atoms with Crippen LogP contribution in [0.25, 0.3) is 0 Å². The van der Waals surface area contributed by atoms with E-state index in [-0.39, 0.29) is 6.04 Å². The maximum Gasteiger partial charge on any atom is 0.111 e. The summed E-state index contributed by atoms with van der Waals surface area (Å²) in [5.74, 6) is 0. The Hall–Kier alpha value is -1.13. The van der Waals surface area contributed by atoms with Gasteiger partial charge in [-0.1, -0.05) is 37.3 Å². The van der Waals surface area contributed by atoms with Crippen molar-refractivity contribution in [3.63, 3.8) is 0 Å². The van der Waals surface area contributed by atoms with E-state index in [0.29, 0.717) is 12.8 Å². The zero-order valence-corrected chi connectivity index (χ0v) is 13.8. The Kier molecular flexibility index (Phi) is 4.66. The van der Waals surface area contributed by atoms with Gasteiger partial charge in [0.2, 0.25) is 0 Å². The molecule has 108 valence electrons. The zero-order chi connectivity index (χ0) is 14.8. The first-order chi connectivity index (χ1) is 9.48. The molecule has 0 aliphatic rings. The third kappa shape index (κ3) is 2.96. The minimum atomic E-state index is -0.916. The lowest BCUT2D eigenvalue weighted by molar-refractivity contribution is 0.0217. The Morgan fingerprint density at radius 2 is 1.95 bits per heavy atom. The van der Waals surface area contributed by atoms with E-state index in [1.807, 2.05) is 41.9 Å². The average molecular weight is 337 g/mol. The Bertz CT molecular complexity index is 565. The number of rotatable bonds is 5. The van der Waals surface area contributed by atoms with Crippen LogP contribution in [0.5, 0.6) is 0 Å². The van der Waals surface area contributed by atoms with Gasteiger partial charge in [-0.15, -0.1) is 0 Å². The Morgan fingerprint density at radius 1 is 1.30 bits per heavy atom. The van der Waals surface area contributed by atoms with Crippen LogP contribution in [-0.4, -0.2) is 14.9 Å². The summed E-state index contributed by atoms with van der Waals surface area (Å²) in [6.45, 7) is 6.15. The molecule has 1 atom stereocenters. The molecule has 4 heteroatoms. The first-order valence-electron chi connectivity index (χ1n) is 6.97. The fourth-order valence-electron chi connectivity index (χ4n) is 2.48. The van der Waals surface area contributed by atoms with E-state index >= 15 is 0 Å². The summed E-state index contributed by atoms with van der Waals surface area (Å²) in [5.41, 5.74) is 1.07. The number of aliphatic hydroxyl groups is 1. The highest BCUT2D eigenvalue weighted by Crippen LogP contribution is 2.35. The van der Waals surface area contributed by atoms with Crippen LogP contribution in [0.1, 0.15) is 44.5 Å². The van der Waals surface area contributed by atoms with Crippen LogP contribution in [-0.2, 0) is 12.0 Å². The second-order valence-electron chi connectivity index (χ2n) is 5.43. The number of hydrogen-bond acceptors (Lipinski definition) is 2. The molecule has 0 saturated heterocycles. The third-order valence-corrected chi connectivity index (χ3v) is 4.19. The van der Waals surface area contributed by atoms with Gasteiger partial charge >= 0.3 is 0 Å². The largest absolute Gasteiger partial charge is 0.383 e.